The lowest BCUT2D eigenvalue weighted by atomic mass is 10.1. The number of fused-ring (bicyclic) bond motifs is 1. The molecule has 0 bridgehead atoms. The summed E-state index contributed by atoms with van der Waals surface area (Å²) in [7, 11) is 1.22. The number of halogens is 2. The summed E-state index contributed by atoms with van der Waals surface area (Å²) in [5.41, 5.74) is 1.27. The van der Waals surface area contributed by atoms with Gasteiger partial charge in [0.15, 0.2) is 5.65 Å². The fourth-order valence-electron chi connectivity index (χ4n) is 1.99. The third kappa shape index (κ3) is 2.43. The van der Waals surface area contributed by atoms with Crippen LogP contribution in [0.1, 0.15) is 10.4 Å². The monoisotopic (exact) mass is 306 g/mol. The normalized spacial score (nSPS) is 10.8. The first-order chi connectivity index (χ1) is 10.1. The number of hydrogen-bond acceptors (Lipinski definition) is 5. The molecule has 1 N–H and O–H groups in total. The van der Waals surface area contributed by atoms with Crippen LogP contribution in [0.25, 0.3) is 22.3 Å². The van der Waals surface area contributed by atoms with Crippen LogP contribution < -0.4 is 0 Å². The van der Waals surface area contributed by atoms with E-state index >= 15 is 0 Å². The summed E-state index contributed by atoms with van der Waals surface area (Å²) in [4.78, 5) is 19.6. The molecule has 0 atom stereocenters. The van der Waals surface area contributed by atoms with Gasteiger partial charge in [-0.2, -0.15) is 10.1 Å². The maximum Gasteiger partial charge on any atom is 0.337 e. The van der Waals surface area contributed by atoms with Gasteiger partial charge in [0.1, 0.15) is 5.82 Å². The Morgan fingerprint density at radius 1 is 1.33 bits per heavy atom. The number of methoxy groups -OCH3 is 1. The summed E-state index contributed by atoms with van der Waals surface area (Å²) in [5.74, 6) is -1.22. The summed E-state index contributed by atoms with van der Waals surface area (Å²) in [6, 6.07) is 3.81. The van der Waals surface area contributed by atoms with Gasteiger partial charge in [0.05, 0.1) is 30.0 Å². The zero-order chi connectivity index (χ0) is 15.0. The first kappa shape index (κ1) is 13.4. The molecule has 2 heterocycles. The van der Waals surface area contributed by atoms with Crippen molar-refractivity contribution in [1.29, 1.82) is 0 Å². The second-order valence-corrected chi connectivity index (χ2v) is 4.53. The largest absolute Gasteiger partial charge is 0.465 e. The third-order valence-electron chi connectivity index (χ3n) is 2.87. The van der Waals surface area contributed by atoms with Gasteiger partial charge in [-0.3, -0.25) is 5.10 Å². The lowest BCUT2D eigenvalue weighted by Gasteiger charge is -2.06. The molecule has 0 unspecified atom stereocenters. The van der Waals surface area contributed by atoms with E-state index in [0.717, 1.165) is 6.07 Å². The molecule has 0 saturated carbocycles. The van der Waals surface area contributed by atoms with Gasteiger partial charge >= 0.3 is 5.97 Å². The number of H-pyrrole nitrogens is 1. The molecule has 3 rings (SSSR count). The van der Waals surface area contributed by atoms with Crippen LogP contribution in [0.3, 0.4) is 0 Å². The van der Waals surface area contributed by atoms with Crippen molar-refractivity contribution in [3.63, 3.8) is 0 Å². The molecule has 8 heteroatoms. The Bertz CT molecular complexity index is 849. The summed E-state index contributed by atoms with van der Waals surface area (Å²) >= 11 is 5.84. The zero-order valence-electron chi connectivity index (χ0n) is 10.7. The number of nitrogens with one attached hydrogen (secondary N) is 1. The number of aromatic nitrogens is 4. The van der Waals surface area contributed by atoms with E-state index in [9.17, 15) is 9.18 Å². The summed E-state index contributed by atoms with van der Waals surface area (Å²) in [5, 5.41) is 7.08. The van der Waals surface area contributed by atoms with Crippen molar-refractivity contribution in [2.24, 2.45) is 0 Å². The fraction of sp³-hybridized carbons (Fsp3) is 0.0769. The first-order valence-electron chi connectivity index (χ1n) is 5.84. The van der Waals surface area contributed by atoms with Crippen LogP contribution in [-0.4, -0.2) is 33.2 Å². The lowest BCUT2D eigenvalue weighted by Crippen LogP contribution is -2.02. The Labute approximate surface area is 122 Å². The molecule has 0 saturated heterocycles. The molecule has 3 aromatic rings. The molecule has 106 valence electrons. The van der Waals surface area contributed by atoms with Gasteiger partial charge in [-0.25, -0.2) is 14.2 Å². The van der Waals surface area contributed by atoms with Crippen LogP contribution in [0.5, 0.6) is 0 Å². The maximum atomic E-state index is 13.7. The molecule has 6 nitrogen and oxygen atoms in total. The van der Waals surface area contributed by atoms with Gasteiger partial charge in [0.2, 0.25) is 5.28 Å². The summed E-state index contributed by atoms with van der Waals surface area (Å²) < 4.78 is 18.3. The Balaban J connectivity index is 2.25. The Morgan fingerprint density at radius 3 is 2.90 bits per heavy atom. The number of rotatable bonds is 2. The fourth-order valence-corrected chi connectivity index (χ4v) is 2.16. The van der Waals surface area contributed by atoms with Gasteiger partial charge in [0, 0.05) is 5.56 Å². The number of benzene rings is 1. The molecule has 2 aromatic heterocycles. The molecule has 0 aliphatic rings. The van der Waals surface area contributed by atoms with E-state index in [1.54, 1.807) is 0 Å². The molecule has 0 spiro atoms. The predicted molar refractivity (Wildman–Crippen MR) is 73.4 cm³/mol. The molecule has 0 aliphatic carbocycles. The molecule has 0 fully saturated rings. The minimum absolute atomic E-state index is 0.00868. The van der Waals surface area contributed by atoms with Crippen LogP contribution in [0.4, 0.5) is 4.39 Å². The van der Waals surface area contributed by atoms with Crippen molar-refractivity contribution in [2.75, 3.05) is 7.11 Å². The second kappa shape index (κ2) is 5.10. The Morgan fingerprint density at radius 2 is 2.14 bits per heavy atom. The van der Waals surface area contributed by atoms with E-state index in [1.165, 1.54) is 25.4 Å². The van der Waals surface area contributed by atoms with Crippen LogP contribution in [0, 0.1) is 5.82 Å². The second-order valence-electron chi connectivity index (χ2n) is 4.19. The van der Waals surface area contributed by atoms with Gasteiger partial charge in [-0.15, -0.1) is 0 Å². The van der Waals surface area contributed by atoms with Crippen molar-refractivity contribution in [1.82, 2.24) is 20.2 Å². The maximum absolute atomic E-state index is 13.7. The van der Waals surface area contributed by atoms with Gasteiger partial charge < -0.3 is 4.74 Å². The number of carbonyl (C=O) groups excluding carboxylic acids is 1. The average Bonchev–Trinajstić information content (AvgIpc) is 2.92. The van der Waals surface area contributed by atoms with Gasteiger partial charge in [0.25, 0.3) is 0 Å². The highest BCUT2D eigenvalue weighted by Crippen LogP contribution is 2.27. The predicted octanol–water partition coefficient (Wildman–Crippen LogP) is 2.60. The smallest absolute Gasteiger partial charge is 0.337 e. The number of carbonyl (C=O) groups is 1. The van der Waals surface area contributed by atoms with E-state index in [4.69, 9.17) is 11.6 Å². The summed E-state index contributed by atoms with van der Waals surface area (Å²) in [6.45, 7) is 0. The van der Waals surface area contributed by atoms with Crippen molar-refractivity contribution in [3.05, 3.63) is 41.1 Å². The number of ether oxygens (including phenoxy) is 1. The van der Waals surface area contributed by atoms with E-state index in [0.29, 0.717) is 22.3 Å². The SMILES string of the molecule is COC(=O)c1cc(F)cc(-c2nc(Cl)nc3[nH]ncc23)c1. The van der Waals surface area contributed by atoms with E-state index < -0.39 is 11.8 Å². The van der Waals surface area contributed by atoms with Crippen molar-refractivity contribution >= 4 is 28.6 Å². The van der Waals surface area contributed by atoms with Gasteiger partial charge in [-0.1, -0.05) is 0 Å². The number of hydrogen-bond donors (Lipinski definition) is 1. The molecule has 0 amide bonds. The zero-order valence-corrected chi connectivity index (χ0v) is 11.5. The van der Waals surface area contributed by atoms with Crippen LogP contribution >= 0.6 is 11.6 Å². The molecular weight excluding hydrogens is 299 g/mol. The molecule has 1 aromatic carbocycles. The van der Waals surface area contributed by atoms with E-state index in [1.807, 2.05) is 0 Å². The van der Waals surface area contributed by atoms with E-state index in [-0.39, 0.29) is 10.8 Å². The van der Waals surface area contributed by atoms with Crippen LogP contribution in [0.15, 0.2) is 24.4 Å². The Hall–Kier alpha value is -2.54. The summed E-state index contributed by atoms with van der Waals surface area (Å²) in [6.07, 6.45) is 1.50. The van der Waals surface area contributed by atoms with Crippen molar-refractivity contribution < 1.29 is 13.9 Å². The van der Waals surface area contributed by atoms with E-state index in [2.05, 4.69) is 24.9 Å². The lowest BCUT2D eigenvalue weighted by molar-refractivity contribution is 0.0600. The third-order valence-corrected chi connectivity index (χ3v) is 3.04. The first-order valence-corrected chi connectivity index (χ1v) is 6.22. The highest BCUT2D eigenvalue weighted by Gasteiger charge is 2.15. The van der Waals surface area contributed by atoms with Crippen LogP contribution in [-0.2, 0) is 4.74 Å². The molecular formula is C13H8ClFN4O2. The topological polar surface area (TPSA) is 80.8 Å². The minimum Gasteiger partial charge on any atom is -0.465 e. The van der Waals surface area contributed by atoms with Crippen molar-refractivity contribution in [2.45, 2.75) is 0 Å². The molecule has 0 aliphatic heterocycles. The highest BCUT2D eigenvalue weighted by atomic mass is 35.5. The number of esters is 1. The Kier molecular flexibility index (Phi) is 3.26. The molecule has 21 heavy (non-hydrogen) atoms. The van der Waals surface area contributed by atoms with Crippen molar-refractivity contribution in [3.8, 4) is 11.3 Å². The number of aromatic amines is 1. The standard InChI is InChI=1S/C13H8ClFN4O2/c1-21-12(20)7-2-6(3-8(15)4-7)10-9-5-16-19-11(9)18-13(14)17-10/h2-5H,1H3,(H,16,17,18,19). The average molecular weight is 307 g/mol. The quantitative estimate of drug-likeness (QED) is 0.581. The molecule has 0 radical (unpaired) electrons. The minimum atomic E-state index is -0.639. The number of nitrogens with zero attached hydrogens (tertiary/aromatic N) is 3. The highest BCUT2D eigenvalue weighted by molar-refractivity contribution is 6.28. The van der Waals surface area contributed by atoms with Crippen LogP contribution in [0.2, 0.25) is 5.28 Å². The van der Waals surface area contributed by atoms with Gasteiger partial charge in [-0.05, 0) is 29.8 Å².